The van der Waals surface area contributed by atoms with Crippen molar-refractivity contribution < 1.29 is 4.79 Å². The minimum absolute atomic E-state index is 0.224. The van der Waals surface area contributed by atoms with Crippen LogP contribution in [-0.4, -0.2) is 20.5 Å². The number of carbonyl (C=O) groups is 1. The molecule has 5 nitrogen and oxygen atoms in total. The van der Waals surface area contributed by atoms with Crippen LogP contribution in [0.5, 0.6) is 0 Å². The van der Waals surface area contributed by atoms with Crippen molar-refractivity contribution in [2.24, 2.45) is 5.73 Å². The molecule has 2 rings (SSSR count). The Labute approximate surface area is 127 Å². The number of nitrogens with zero attached hydrogens (tertiary/aromatic N) is 2. The zero-order valence-corrected chi connectivity index (χ0v) is 13.0. The first-order valence-electron chi connectivity index (χ1n) is 5.18. The molecule has 0 spiro atoms. The minimum atomic E-state index is -0.275. The molecule has 0 radical (unpaired) electrons. The van der Waals surface area contributed by atoms with Gasteiger partial charge in [0.1, 0.15) is 9.87 Å². The van der Waals surface area contributed by atoms with Crippen molar-refractivity contribution in [2.75, 3.05) is 5.32 Å². The van der Waals surface area contributed by atoms with Crippen LogP contribution in [0.4, 0.5) is 5.69 Å². The topological polar surface area (TPSA) is 80.9 Å². The predicted molar refractivity (Wildman–Crippen MR) is 82.6 cm³/mol. The standard InChI is InChI=1S/C11H9BrN4OS2/c1-5-9(19-16-15-5)11(17)14-8-4-6(12)2-3-7(8)10(13)18/h2-4H,1H3,(H2,13,18)(H,14,17). The molecule has 0 atom stereocenters. The smallest absolute Gasteiger partial charge is 0.269 e. The molecule has 0 saturated heterocycles. The maximum absolute atomic E-state index is 12.1. The van der Waals surface area contributed by atoms with Crippen LogP contribution >= 0.6 is 39.7 Å². The maximum Gasteiger partial charge on any atom is 0.269 e. The van der Waals surface area contributed by atoms with Gasteiger partial charge in [-0.3, -0.25) is 4.79 Å². The average molecular weight is 357 g/mol. The number of thiocarbonyl (C=S) groups is 1. The highest BCUT2D eigenvalue weighted by Crippen LogP contribution is 2.23. The summed E-state index contributed by atoms with van der Waals surface area (Å²) in [5, 5.41) is 6.57. The summed E-state index contributed by atoms with van der Waals surface area (Å²) in [6.07, 6.45) is 0. The lowest BCUT2D eigenvalue weighted by Gasteiger charge is -2.10. The quantitative estimate of drug-likeness (QED) is 0.825. The van der Waals surface area contributed by atoms with E-state index in [0.29, 0.717) is 21.8 Å². The van der Waals surface area contributed by atoms with Gasteiger partial charge in [-0.25, -0.2) is 0 Å². The monoisotopic (exact) mass is 356 g/mol. The van der Waals surface area contributed by atoms with Crippen molar-refractivity contribution in [3.63, 3.8) is 0 Å². The van der Waals surface area contributed by atoms with Gasteiger partial charge in [0.2, 0.25) is 0 Å². The van der Waals surface area contributed by atoms with E-state index >= 15 is 0 Å². The van der Waals surface area contributed by atoms with E-state index in [2.05, 4.69) is 30.8 Å². The van der Waals surface area contributed by atoms with E-state index in [1.54, 1.807) is 19.1 Å². The van der Waals surface area contributed by atoms with Crippen LogP contribution in [0.1, 0.15) is 20.9 Å². The Morgan fingerprint density at radius 1 is 1.53 bits per heavy atom. The molecule has 98 valence electrons. The Balaban J connectivity index is 2.33. The van der Waals surface area contributed by atoms with Crippen LogP contribution in [0.2, 0.25) is 0 Å². The third-order valence-electron chi connectivity index (χ3n) is 2.35. The predicted octanol–water partition coefficient (Wildman–Crippen LogP) is 2.50. The average Bonchev–Trinajstić information content (AvgIpc) is 2.75. The number of hydrogen-bond acceptors (Lipinski definition) is 5. The number of amides is 1. The zero-order valence-electron chi connectivity index (χ0n) is 9.81. The number of aromatic nitrogens is 2. The van der Waals surface area contributed by atoms with Crippen LogP contribution in [0.3, 0.4) is 0 Å². The zero-order chi connectivity index (χ0) is 14.0. The Bertz CT molecular complexity index is 656. The second kappa shape index (κ2) is 5.72. The number of benzene rings is 1. The highest BCUT2D eigenvalue weighted by Gasteiger charge is 2.15. The van der Waals surface area contributed by atoms with Crippen LogP contribution in [0.25, 0.3) is 0 Å². The van der Waals surface area contributed by atoms with Gasteiger partial charge in [-0.1, -0.05) is 32.6 Å². The lowest BCUT2D eigenvalue weighted by Crippen LogP contribution is -2.17. The molecule has 0 bridgehead atoms. The first kappa shape index (κ1) is 14.0. The summed E-state index contributed by atoms with van der Waals surface area (Å²) in [7, 11) is 0. The fourth-order valence-electron chi connectivity index (χ4n) is 1.45. The van der Waals surface area contributed by atoms with E-state index in [4.69, 9.17) is 18.0 Å². The molecule has 1 aromatic heterocycles. The van der Waals surface area contributed by atoms with E-state index < -0.39 is 0 Å². The molecule has 3 N–H and O–H groups in total. The first-order chi connectivity index (χ1) is 8.99. The van der Waals surface area contributed by atoms with Gasteiger partial charge < -0.3 is 11.1 Å². The van der Waals surface area contributed by atoms with Crippen molar-refractivity contribution in [3.8, 4) is 0 Å². The van der Waals surface area contributed by atoms with E-state index in [-0.39, 0.29) is 10.9 Å². The van der Waals surface area contributed by atoms with E-state index in [1.807, 2.05) is 6.07 Å². The molecule has 1 amide bonds. The number of hydrogen-bond donors (Lipinski definition) is 2. The Morgan fingerprint density at radius 2 is 2.26 bits per heavy atom. The maximum atomic E-state index is 12.1. The lowest BCUT2D eigenvalue weighted by atomic mass is 10.1. The fraction of sp³-hybridized carbons (Fsp3) is 0.0909. The van der Waals surface area contributed by atoms with Crippen molar-refractivity contribution in [2.45, 2.75) is 6.92 Å². The normalized spacial score (nSPS) is 10.2. The molecular weight excluding hydrogens is 348 g/mol. The van der Waals surface area contributed by atoms with E-state index in [1.165, 1.54) is 0 Å². The minimum Gasteiger partial charge on any atom is -0.389 e. The summed E-state index contributed by atoms with van der Waals surface area (Å²) in [6, 6.07) is 5.31. The summed E-state index contributed by atoms with van der Waals surface area (Å²) in [6.45, 7) is 1.73. The van der Waals surface area contributed by atoms with E-state index in [9.17, 15) is 4.79 Å². The van der Waals surface area contributed by atoms with Crippen LogP contribution in [-0.2, 0) is 0 Å². The van der Waals surface area contributed by atoms with Gasteiger partial charge in [-0.15, -0.1) is 5.10 Å². The van der Waals surface area contributed by atoms with Crippen LogP contribution in [0, 0.1) is 6.92 Å². The van der Waals surface area contributed by atoms with Gasteiger partial charge in [0.05, 0.1) is 11.4 Å². The highest BCUT2D eigenvalue weighted by atomic mass is 79.9. The van der Waals surface area contributed by atoms with Gasteiger partial charge in [0.25, 0.3) is 5.91 Å². The summed E-state index contributed by atoms with van der Waals surface area (Å²) >= 11 is 9.35. The summed E-state index contributed by atoms with van der Waals surface area (Å²) in [4.78, 5) is 12.8. The van der Waals surface area contributed by atoms with Gasteiger partial charge >= 0.3 is 0 Å². The van der Waals surface area contributed by atoms with Crippen molar-refractivity contribution in [3.05, 3.63) is 38.8 Å². The van der Waals surface area contributed by atoms with Gasteiger partial charge in [0.15, 0.2) is 0 Å². The fourth-order valence-corrected chi connectivity index (χ4v) is 2.54. The molecule has 0 aliphatic carbocycles. The molecule has 2 aromatic rings. The number of aryl methyl sites for hydroxylation is 1. The van der Waals surface area contributed by atoms with Gasteiger partial charge in [-0.2, -0.15) is 0 Å². The third-order valence-corrected chi connectivity index (χ3v) is 3.89. The molecule has 0 aliphatic rings. The SMILES string of the molecule is Cc1nnsc1C(=O)Nc1cc(Br)ccc1C(N)=S. The molecular formula is C11H9BrN4OS2. The number of anilines is 1. The van der Waals surface area contributed by atoms with Crippen molar-refractivity contribution >= 4 is 56.3 Å². The molecule has 0 aliphatic heterocycles. The summed E-state index contributed by atoms with van der Waals surface area (Å²) < 4.78 is 4.55. The Morgan fingerprint density at radius 3 is 2.84 bits per heavy atom. The van der Waals surface area contributed by atoms with Gasteiger partial charge in [0, 0.05) is 10.0 Å². The lowest BCUT2D eigenvalue weighted by molar-refractivity contribution is 0.103. The van der Waals surface area contributed by atoms with Gasteiger partial charge in [-0.05, 0) is 36.7 Å². The number of nitrogens with one attached hydrogen (secondary N) is 1. The Hall–Kier alpha value is -1.38. The second-order valence-corrected chi connectivity index (χ2v) is 5.81. The molecule has 19 heavy (non-hydrogen) atoms. The highest BCUT2D eigenvalue weighted by molar-refractivity contribution is 9.10. The van der Waals surface area contributed by atoms with Crippen molar-refractivity contribution in [1.82, 2.24) is 9.59 Å². The number of carbonyl (C=O) groups excluding carboxylic acids is 1. The second-order valence-electron chi connectivity index (χ2n) is 3.70. The summed E-state index contributed by atoms with van der Waals surface area (Å²) in [5.41, 5.74) is 7.39. The third kappa shape index (κ3) is 3.14. The first-order valence-corrected chi connectivity index (χ1v) is 7.16. The molecule has 1 aromatic carbocycles. The number of nitrogens with two attached hydrogens (primary N) is 1. The molecule has 0 saturated carbocycles. The van der Waals surface area contributed by atoms with E-state index in [0.717, 1.165) is 16.0 Å². The number of rotatable bonds is 3. The number of halogens is 1. The van der Waals surface area contributed by atoms with Crippen LogP contribution in [0.15, 0.2) is 22.7 Å². The van der Waals surface area contributed by atoms with Crippen molar-refractivity contribution in [1.29, 1.82) is 0 Å². The molecule has 0 fully saturated rings. The summed E-state index contributed by atoms with van der Waals surface area (Å²) in [5.74, 6) is -0.275. The molecule has 0 unspecified atom stereocenters. The van der Waals surface area contributed by atoms with Crippen LogP contribution < -0.4 is 11.1 Å². The molecule has 8 heteroatoms. The Kier molecular flexibility index (Phi) is 4.23. The largest absolute Gasteiger partial charge is 0.389 e. The molecule has 1 heterocycles.